The number of hydrogen-bond donors (Lipinski definition) is 1. The molecule has 0 spiro atoms. The van der Waals surface area contributed by atoms with Crippen molar-refractivity contribution in [2.45, 2.75) is 32.4 Å². The molecule has 0 saturated heterocycles. The first kappa shape index (κ1) is 14.8. The maximum absolute atomic E-state index is 14.3. The first-order valence-corrected chi connectivity index (χ1v) is 10.2. The van der Waals surface area contributed by atoms with Gasteiger partial charge in [0, 0.05) is 17.6 Å². The number of rotatable bonds is 4. The molecule has 1 aliphatic rings. The van der Waals surface area contributed by atoms with Gasteiger partial charge in [-0.05, 0) is 65.9 Å². The maximum atomic E-state index is 14.3. The molecule has 1 aliphatic carbocycles. The first-order valence-electron chi connectivity index (χ1n) is 5.77. The summed E-state index contributed by atoms with van der Waals surface area (Å²) in [7, 11) is 1.87. The zero-order chi connectivity index (χ0) is 13.5. The molecule has 0 aromatic heterocycles. The second kappa shape index (κ2) is 5.39. The second-order valence-corrected chi connectivity index (χ2v) is 7.08. The molecule has 6 heteroatoms. The average molecular weight is 401 g/mol. The van der Waals surface area contributed by atoms with E-state index >= 15 is 0 Å². The number of halogens is 3. The van der Waals surface area contributed by atoms with Gasteiger partial charge in [-0.15, -0.1) is 0 Å². The SMILES string of the molecule is CNN(PI)c1cc(Cl)c(C2(F)CC2)c(C)c1C. The van der Waals surface area contributed by atoms with E-state index in [-0.39, 0.29) is 0 Å². The van der Waals surface area contributed by atoms with Gasteiger partial charge in [0.25, 0.3) is 0 Å². The molecular formula is C12H16ClFIN2P. The van der Waals surface area contributed by atoms with Gasteiger partial charge in [-0.3, -0.25) is 4.78 Å². The van der Waals surface area contributed by atoms with E-state index in [9.17, 15) is 4.39 Å². The smallest absolute Gasteiger partial charge is 0.138 e. The van der Waals surface area contributed by atoms with Crippen LogP contribution in [-0.4, -0.2) is 7.05 Å². The highest BCUT2D eigenvalue weighted by Crippen LogP contribution is 2.54. The Morgan fingerprint density at radius 3 is 2.50 bits per heavy atom. The number of hydrazine groups is 1. The molecule has 0 aliphatic heterocycles. The molecule has 1 atom stereocenters. The fraction of sp³-hybridized carbons (Fsp3) is 0.500. The Morgan fingerprint density at radius 2 is 2.06 bits per heavy atom. The van der Waals surface area contributed by atoms with Gasteiger partial charge in [0.05, 0.1) is 12.1 Å². The van der Waals surface area contributed by atoms with E-state index in [2.05, 4.69) is 27.5 Å². The molecule has 1 aromatic carbocycles. The monoisotopic (exact) mass is 400 g/mol. The molecule has 100 valence electrons. The van der Waals surface area contributed by atoms with Crippen LogP contribution >= 0.6 is 40.0 Å². The highest BCUT2D eigenvalue weighted by molar-refractivity contribution is 14.2. The molecule has 2 nitrogen and oxygen atoms in total. The molecule has 0 amide bonds. The minimum atomic E-state index is -1.18. The maximum Gasteiger partial charge on any atom is 0.138 e. The number of anilines is 1. The third kappa shape index (κ3) is 2.49. The standard InChI is InChI=1S/C12H16ClFIN2P/c1-7-8(2)11(12(14)4-5-12)9(13)6-10(7)17(16-3)18-15/h6,16,18H,4-5H2,1-3H3. The van der Waals surface area contributed by atoms with Crippen molar-refractivity contribution in [1.29, 1.82) is 0 Å². The van der Waals surface area contributed by atoms with Crippen LogP contribution in [0.25, 0.3) is 0 Å². The van der Waals surface area contributed by atoms with Gasteiger partial charge in [-0.25, -0.2) is 9.82 Å². The zero-order valence-corrected chi connectivity index (χ0v) is 14.5. The molecule has 1 fully saturated rings. The summed E-state index contributed by atoms with van der Waals surface area (Å²) in [6.07, 6.45) is 1.74. The summed E-state index contributed by atoms with van der Waals surface area (Å²) in [5.41, 5.74) is 5.74. The average Bonchev–Trinajstić information content (AvgIpc) is 3.05. The van der Waals surface area contributed by atoms with Gasteiger partial charge < -0.3 is 0 Å². The zero-order valence-electron chi connectivity index (χ0n) is 10.6. The number of nitrogens with zero attached hydrogens (tertiary/aromatic N) is 1. The van der Waals surface area contributed by atoms with Crippen LogP contribution in [0.15, 0.2) is 6.07 Å². The van der Waals surface area contributed by atoms with E-state index in [1.807, 2.05) is 31.7 Å². The van der Waals surface area contributed by atoms with Crippen molar-refractivity contribution < 1.29 is 4.39 Å². The first-order chi connectivity index (χ1) is 8.44. The summed E-state index contributed by atoms with van der Waals surface area (Å²) >= 11 is 8.60. The lowest BCUT2D eigenvalue weighted by Crippen LogP contribution is -2.26. The Kier molecular flexibility index (Phi) is 4.42. The molecule has 2 rings (SSSR count). The van der Waals surface area contributed by atoms with E-state index in [4.69, 9.17) is 11.6 Å². The van der Waals surface area contributed by atoms with Crippen LogP contribution in [0.5, 0.6) is 0 Å². The number of nitrogens with one attached hydrogen (secondary N) is 1. The molecule has 0 heterocycles. The normalized spacial score (nSPS) is 17.4. The summed E-state index contributed by atoms with van der Waals surface area (Å²) < 4.78 is 16.3. The third-order valence-electron chi connectivity index (χ3n) is 3.51. The highest BCUT2D eigenvalue weighted by Gasteiger charge is 2.47. The Balaban J connectivity index is 2.54. The Bertz CT molecular complexity index is 476. The summed E-state index contributed by atoms with van der Waals surface area (Å²) in [4.78, 5) is 0. The minimum absolute atomic E-state index is 0.544. The molecule has 1 N–H and O–H groups in total. The van der Waals surface area contributed by atoms with Crippen LogP contribution in [0.1, 0.15) is 29.5 Å². The van der Waals surface area contributed by atoms with Crippen molar-refractivity contribution in [3.05, 3.63) is 27.8 Å². The third-order valence-corrected chi connectivity index (χ3v) is 5.89. The van der Waals surface area contributed by atoms with E-state index in [0.29, 0.717) is 29.8 Å². The lowest BCUT2D eigenvalue weighted by atomic mass is 9.97. The van der Waals surface area contributed by atoms with Crippen molar-refractivity contribution >= 4 is 45.7 Å². The van der Waals surface area contributed by atoms with Crippen molar-refractivity contribution in [3.8, 4) is 0 Å². The van der Waals surface area contributed by atoms with Crippen molar-refractivity contribution in [1.82, 2.24) is 5.43 Å². The van der Waals surface area contributed by atoms with E-state index in [1.54, 1.807) is 0 Å². The fourth-order valence-corrected chi connectivity index (χ4v) is 4.53. The van der Waals surface area contributed by atoms with Crippen molar-refractivity contribution in [3.63, 3.8) is 0 Å². The van der Waals surface area contributed by atoms with Crippen molar-refractivity contribution in [2.75, 3.05) is 11.8 Å². The Hall–Kier alpha value is 0.360. The molecule has 0 radical (unpaired) electrons. The van der Waals surface area contributed by atoms with Gasteiger partial charge >= 0.3 is 0 Å². The van der Waals surface area contributed by atoms with E-state index in [1.165, 1.54) is 0 Å². The molecule has 1 unspecified atom stereocenters. The van der Waals surface area contributed by atoms with Gasteiger partial charge in [0.1, 0.15) is 5.67 Å². The Labute approximate surface area is 127 Å². The summed E-state index contributed by atoms with van der Waals surface area (Å²) in [5.74, 6) is 0. The summed E-state index contributed by atoms with van der Waals surface area (Å²) in [5, 5.41) is 0.544. The van der Waals surface area contributed by atoms with Gasteiger partial charge in [-0.2, -0.15) is 0 Å². The topological polar surface area (TPSA) is 15.3 Å². The van der Waals surface area contributed by atoms with E-state index < -0.39 is 5.67 Å². The largest absolute Gasteiger partial charge is 0.281 e. The number of alkyl halides is 1. The lowest BCUT2D eigenvalue weighted by molar-refractivity contribution is 0.316. The molecular weight excluding hydrogens is 384 g/mol. The second-order valence-electron chi connectivity index (χ2n) is 4.61. The van der Waals surface area contributed by atoms with Crippen LogP contribution in [-0.2, 0) is 5.67 Å². The van der Waals surface area contributed by atoms with Crippen LogP contribution < -0.4 is 10.2 Å². The lowest BCUT2D eigenvalue weighted by Gasteiger charge is -2.25. The fourth-order valence-electron chi connectivity index (χ4n) is 2.21. The summed E-state index contributed by atoms with van der Waals surface area (Å²) in [6.45, 7) is 3.99. The van der Waals surface area contributed by atoms with Crippen LogP contribution in [0.4, 0.5) is 10.1 Å². The molecule has 0 bridgehead atoms. The van der Waals surface area contributed by atoms with Gasteiger partial charge in [-0.1, -0.05) is 11.6 Å². The molecule has 1 saturated carbocycles. The van der Waals surface area contributed by atoms with Crippen LogP contribution in [0.3, 0.4) is 0 Å². The predicted molar refractivity (Wildman–Crippen MR) is 86.8 cm³/mol. The number of benzene rings is 1. The summed E-state index contributed by atoms with van der Waals surface area (Å²) in [6, 6.07) is 1.88. The number of hydrogen-bond acceptors (Lipinski definition) is 2. The van der Waals surface area contributed by atoms with Gasteiger partial charge in [0.2, 0.25) is 0 Å². The minimum Gasteiger partial charge on any atom is -0.281 e. The van der Waals surface area contributed by atoms with Crippen LogP contribution in [0.2, 0.25) is 5.02 Å². The van der Waals surface area contributed by atoms with Crippen molar-refractivity contribution in [2.24, 2.45) is 0 Å². The van der Waals surface area contributed by atoms with Crippen LogP contribution in [0, 0.1) is 13.8 Å². The molecule has 18 heavy (non-hydrogen) atoms. The predicted octanol–water partition coefficient (Wildman–Crippen LogP) is 4.80. The van der Waals surface area contributed by atoms with E-state index in [0.717, 1.165) is 16.8 Å². The van der Waals surface area contributed by atoms with Gasteiger partial charge in [0.15, 0.2) is 0 Å². The quantitative estimate of drug-likeness (QED) is 0.444. The highest BCUT2D eigenvalue weighted by atomic mass is 127. The molecule has 1 aromatic rings. The Morgan fingerprint density at radius 1 is 1.44 bits per heavy atom.